The van der Waals surface area contributed by atoms with E-state index >= 15 is 0 Å². The number of aromatic nitrogens is 1. The van der Waals surface area contributed by atoms with Crippen LogP contribution in [-0.4, -0.2) is 41.0 Å². The molecule has 0 radical (unpaired) electrons. The molecule has 1 aromatic heterocycles. The topological polar surface area (TPSA) is 62.5 Å². The molecule has 0 atom stereocenters. The molecule has 110 valence electrons. The van der Waals surface area contributed by atoms with Crippen molar-refractivity contribution >= 4 is 21.5 Å². The van der Waals surface area contributed by atoms with E-state index in [2.05, 4.69) is 39.0 Å². The van der Waals surface area contributed by atoms with Crippen LogP contribution in [0.4, 0.5) is 10.1 Å². The number of nitrogens with zero attached hydrogens (tertiary/aromatic N) is 4. The molecule has 0 N–H and O–H groups in total. The molecule has 6 nitrogen and oxygen atoms in total. The molecule has 3 rings (SSSR count). The molecule has 1 fully saturated rings. The first-order chi connectivity index (χ1) is 10.2. The van der Waals surface area contributed by atoms with Crippen LogP contribution in [-0.2, 0) is 6.54 Å². The molecule has 1 saturated heterocycles. The largest absolute Gasteiger partial charge is 0.345 e. The zero-order valence-corrected chi connectivity index (χ0v) is 12.3. The van der Waals surface area contributed by atoms with E-state index in [1.807, 2.05) is 6.07 Å². The molecule has 1 aliphatic heterocycles. The first kappa shape index (κ1) is 14.0. The summed E-state index contributed by atoms with van der Waals surface area (Å²) in [5.74, 6) is 0. The molecule has 0 unspecified atom stereocenters. The lowest BCUT2D eigenvalue weighted by Crippen LogP contribution is -2.45. The number of hydrogen-bond donors (Lipinski definition) is 0. The molecule has 0 aliphatic carbocycles. The average molecular weight is 304 g/mol. The highest BCUT2D eigenvalue weighted by Gasteiger charge is 2.21. The van der Waals surface area contributed by atoms with Gasteiger partial charge in [-0.15, -0.1) is 0 Å². The number of rotatable bonds is 4. The highest BCUT2D eigenvalue weighted by molar-refractivity contribution is 7.18. The van der Waals surface area contributed by atoms with Crippen molar-refractivity contribution in [1.82, 2.24) is 9.88 Å². The predicted octanol–water partition coefficient (Wildman–Crippen LogP) is 2.37. The smallest absolute Gasteiger partial charge is 0.345 e. The van der Waals surface area contributed by atoms with E-state index in [4.69, 9.17) is 0 Å². The molecule has 0 amide bonds. The highest BCUT2D eigenvalue weighted by atomic mass is 32.1. The van der Waals surface area contributed by atoms with Crippen molar-refractivity contribution in [3.63, 3.8) is 0 Å². The second kappa shape index (κ2) is 6.19. The van der Waals surface area contributed by atoms with Crippen LogP contribution in [0.5, 0.6) is 0 Å². The molecule has 2 aromatic rings. The van der Waals surface area contributed by atoms with Gasteiger partial charge in [-0.1, -0.05) is 30.3 Å². The first-order valence-corrected chi connectivity index (χ1v) is 7.65. The van der Waals surface area contributed by atoms with Gasteiger partial charge < -0.3 is 4.90 Å². The summed E-state index contributed by atoms with van der Waals surface area (Å²) in [5, 5.41) is 11.6. The van der Waals surface area contributed by atoms with Gasteiger partial charge in [0.25, 0.3) is 0 Å². The lowest BCUT2D eigenvalue weighted by molar-refractivity contribution is -0.380. The number of hydrogen-bond acceptors (Lipinski definition) is 6. The van der Waals surface area contributed by atoms with Crippen molar-refractivity contribution in [2.24, 2.45) is 0 Å². The lowest BCUT2D eigenvalue weighted by atomic mass is 10.2. The van der Waals surface area contributed by atoms with Gasteiger partial charge >= 0.3 is 5.00 Å². The molecule has 7 heteroatoms. The highest BCUT2D eigenvalue weighted by Crippen LogP contribution is 2.28. The Hall–Kier alpha value is -1.99. The monoisotopic (exact) mass is 304 g/mol. The van der Waals surface area contributed by atoms with Crippen LogP contribution in [0.3, 0.4) is 0 Å². The van der Waals surface area contributed by atoms with Crippen molar-refractivity contribution < 1.29 is 4.92 Å². The fourth-order valence-electron chi connectivity index (χ4n) is 2.43. The molecule has 0 saturated carbocycles. The summed E-state index contributed by atoms with van der Waals surface area (Å²) in [6.45, 7) is 4.56. The van der Waals surface area contributed by atoms with Crippen LogP contribution >= 0.6 is 11.3 Å². The van der Waals surface area contributed by atoms with Gasteiger partial charge in [-0.2, -0.15) is 0 Å². The van der Waals surface area contributed by atoms with Gasteiger partial charge in [0.1, 0.15) is 6.20 Å². The normalized spacial score (nSPS) is 16.1. The quantitative estimate of drug-likeness (QED) is 0.641. The van der Waals surface area contributed by atoms with Gasteiger partial charge in [-0.05, 0) is 16.9 Å². The third-order valence-corrected chi connectivity index (χ3v) is 4.56. The first-order valence-electron chi connectivity index (χ1n) is 6.84. The van der Waals surface area contributed by atoms with Crippen molar-refractivity contribution in [3.8, 4) is 0 Å². The standard InChI is InChI=1S/C14H16N4O2S/c19-18(20)13-10-15-14(21-13)17-8-6-16(7-9-17)11-12-4-2-1-3-5-12/h1-5,10H,6-9,11H2. The Labute approximate surface area is 126 Å². The molecule has 21 heavy (non-hydrogen) atoms. The minimum atomic E-state index is -0.382. The number of anilines is 1. The predicted molar refractivity (Wildman–Crippen MR) is 82.7 cm³/mol. The summed E-state index contributed by atoms with van der Waals surface area (Å²) >= 11 is 1.15. The maximum absolute atomic E-state index is 10.7. The Morgan fingerprint density at radius 2 is 1.90 bits per heavy atom. The molecule has 0 bridgehead atoms. The third-order valence-electron chi connectivity index (χ3n) is 3.55. The van der Waals surface area contributed by atoms with E-state index in [1.165, 1.54) is 11.8 Å². The maximum Gasteiger partial charge on any atom is 0.345 e. The van der Waals surface area contributed by atoms with Crippen molar-refractivity contribution in [2.75, 3.05) is 31.1 Å². The number of thiazole rings is 1. The zero-order chi connectivity index (χ0) is 14.7. The summed E-state index contributed by atoms with van der Waals surface area (Å²) in [4.78, 5) is 19.0. The summed E-state index contributed by atoms with van der Waals surface area (Å²) in [6, 6.07) is 10.4. The van der Waals surface area contributed by atoms with Gasteiger partial charge in [0.05, 0.1) is 4.92 Å². The number of piperazine rings is 1. The Morgan fingerprint density at radius 1 is 1.19 bits per heavy atom. The van der Waals surface area contributed by atoms with Crippen LogP contribution in [0, 0.1) is 10.1 Å². The van der Waals surface area contributed by atoms with Crippen LogP contribution in [0.1, 0.15) is 5.56 Å². The minimum absolute atomic E-state index is 0.108. The Morgan fingerprint density at radius 3 is 2.52 bits per heavy atom. The fourth-order valence-corrected chi connectivity index (χ4v) is 3.21. The fraction of sp³-hybridized carbons (Fsp3) is 0.357. The lowest BCUT2D eigenvalue weighted by Gasteiger charge is -2.34. The summed E-state index contributed by atoms with van der Waals surface area (Å²) in [5.41, 5.74) is 1.32. The molecule has 2 heterocycles. The molecular formula is C14H16N4O2S. The zero-order valence-electron chi connectivity index (χ0n) is 11.5. The molecular weight excluding hydrogens is 288 g/mol. The summed E-state index contributed by atoms with van der Waals surface area (Å²) in [6.07, 6.45) is 1.34. The van der Waals surface area contributed by atoms with Gasteiger partial charge in [0.2, 0.25) is 0 Å². The number of benzene rings is 1. The van der Waals surface area contributed by atoms with E-state index in [0.717, 1.165) is 49.2 Å². The second-order valence-corrected chi connectivity index (χ2v) is 5.97. The van der Waals surface area contributed by atoms with Crippen LogP contribution in [0.2, 0.25) is 0 Å². The van der Waals surface area contributed by atoms with Crippen molar-refractivity contribution in [3.05, 3.63) is 52.2 Å². The van der Waals surface area contributed by atoms with Gasteiger partial charge in [0.15, 0.2) is 5.13 Å². The molecule has 1 aromatic carbocycles. The van der Waals surface area contributed by atoms with E-state index in [9.17, 15) is 10.1 Å². The van der Waals surface area contributed by atoms with E-state index in [-0.39, 0.29) is 9.92 Å². The Bertz CT molecular complexity index is 608. The van der Waals surface area contributed by atoms with E-state index < -0.39 is 0 Å². The maximum atomic E-state index is 10.7. The third kappa shape index (κ3) is 3.37. The molecule has 0 spiro atoms. The minimum Gasteiger partial charge on any atom is -0.345 e. The second-order valence-electron chi connectivity index (χ2n) is 4.99. The van der Waals surface area contributed by atoms with Gasteiger partial charge in [-0.25, -0.2) is 4.98 Å². The number of nitro groups is 1. The summed E-state index contributed by atoms with van der Waals surface area (Å²) < 4.78 is 0. The Kier molecular flexibility index (Phi) is 4.12. The SMILES string of the molecule is O=[N+]([O-])c1cnc(N2CCN(Cc3ccccc3)CC2)s1. The summed E-state index contributed by atoms with van der Waals surface area (Å²) in [7, 11) is 0. The van der Waals surface area contributed by atoms with Crippen LogP contribution < -0.4 is 4.90 Å². The van der Waals surface area contributed by atoms with Crippen LogP contribution in [0.15, 0.2) is 36.5 Å². The van der Waals surface area contributed by atoms with Gasteiger partial charge in [-0.3, -0.25) is 15.0 Å². The average Bonchev–Trinajstić information content (AvgIpc) is 2.99. The van der Waals surface area contributed by atoms with E-state index in [1.54, 1.807) is 0 Å². The van der Waals surface area contributed by atoms with Crippen molar-refractivity contribution in [1.29, 1.82) is 0 Å². The Balaban J connectivity index is 1.56. The van der Waals surface area contributed by atoms with Crippen molar-refractivity contribution in [2.45, 2.75) is 6.54 Å². The van der Waals surface area contributed by atoms with Gasteiger partial charge in [0, 0.05) is 32.7 Å². The van der Waals surface area contributed by atoms with Crippen LogP contribution in [0.25, 0.3) is 0 Å². The van der Waals surface area contributed by atoms with E-state index in [0.29, 0.717) is 0 Å². The molecule has 1 aliphatic rings.